The van der Waals surface area contributed by atoms with Crippen molar-refractivity contribution < 1.29 is 9.72 Å². The minimum Gasteiger partial charge on any atom is -0.319 e. The average Bonchev–Trinajstić information content (AvgIpc) is 2.41. The molecular formula is C12H7BrClN3O3. The number of non-ortho nitro benzene ring substituents is 1. The molecule has 0 saturated heterocycles. The zero-order chi connectivity index (χ0) is 14.7. The second-order valence-electron chi connectivity index (χ2n) is 3.73. The normalized spacial score (nSPS) is 10.1. The summed E-state index contributed by atoms with van der Waals surface area (Å²) in [7, 11) is 0. The largest absolute Gasteiger partial charge is 0.319 e. The third-order valence-electron chi connectivity index (χ3n) is 2.42. The van der Waals surface area contributed by atoms with Crippen molar-refractivity contribution >= 4 is 44.8 Å². The lowest BCUT2D eigenvalue weighted by molar-refractivity contribution is -0.384. The molecule has 0 radical (unpaired) electrons. The summed E-state index contributed by atoms with van der Waals surface area (Å²) in [5.41, 5.74) is 0.298. The highest BCUT2D eigenvalue weighted by Crippen LogP contribution is 2.25. The molecule has 0 unspecified atom stereocenters. The van der Waals surface area contributed by atoms with Gasteiger partial charge in [0, 0.05) is 22.8 Å². The van der Waals surface area contributed by atoms with Gasteiger partial charge < -0.3 is 5.32 Å². The van der Waals surface area contributed by atoms with Crippen molar-refractivity contribution in [3.63, 3.8) is 0 Å². The highest BCUT2D eigenvalue weighted by molar-refractivity contribution is 9.10. The number of nitro groups is 1. The van der Waals surface area contributed by atoms with E-state index in [0.29, 0.717) is 15.2 Å². The van der Waals surface area contributed by atoms with Gasteiger partial charge in [-0.2, -0.15) is 0 Å². The van der Waals surface area contributed by atoms with Crippen LogP contribution >= 0.6 is 27.5 Å². The van der Waals surface area contributed by atoms with Crippen molar-refractivity contribution in [3.8, 4) is 0 Å². The Hall–Kier alpha value is -1.99. The molecule has 0 spiro atoms. The minimum atomic E-state index is -0.569. The van der Waals surface area contributed by atoms with Crippen LogP contribution in [0.15, 0.2) is 41.1 Å². The molecule has 1 aromatic carbocycles. The van der Waals surface area contributed by atoms with Crippen LogP contribution < -0.4 is 5.32 Å². The van der Waals surface area contributed by atoms with E-state index >= 15 is 0 Å². The summed E-state index contributed by atoms with van der Waals surface area (Å²) in [4.78, 5) is 26.1. The number of amides is 1. The maximum atomic E-state index is 12.1. The van der Waals surface area contributed by atoms with Crippen LogP contribution in [-0.4, -0.2) is 15.8 Å². The van der Waals surface area contributed by atoms with Gasteiger partial charge in [-0.15, -0.1) is 0 Å². The molecule has 102 valence electrons. The van der Waals surface area contributed by atoms with Gasteiger partial charge in [0.25, 0.3) is 11.6 Å². The summed E-state index contributed by atoms with van der Waals surface area (Å²) < 4.78 is 0.445. The number of anilines is 1. The molecule has 0 bridgehead atoms. The molecule has 1 N–H and O–H groups in total. The molecule has 6 nitrogen and oxygen atoms in total. The molecule has 1 aromatic heterocycles. The zero-order valence-electron chi connectivity index (χ0n) is 9.84. The highest BCUT2D eigenvalue weighted by atomic mass is 79.9. The Morgan fingerprint density at radius 3 is 2.80 bits per heavy atom. The molecule has 0 fully saturated rings. The Morgan fingerprint density at radius 1 is 1.40 bits per heavy atom. The molecule has 2 rings (SSSR count). The van der Waals surface area contributed by atoms with Gasteiger partial charge in [0.05, 0.1) is 27.4 Å². The van der Waals surface area contributed by atoms with Gasteiger partial charge in [0.15, 0.2) is 0 Å². The number of benzene rings is 1. The SMILES string of the molecule is O=C(Nc1cnccc1Cl)c1cc([N+](=O)[O-])ccc1Br. The van der Waals surface area contributed by atoms with Crippen LogP contribution in [0, 0.1) is 10.1 Å². The van der Waals surface area contributed by atoms with E-state index in [1.54, 1.807) is 0 Å². The Bertz CT molecular complexity index is 693. The third-order valence-corrected chi connectivity index (χ3v) is 3.44. The van der Waals surface area contributed by atoms with Gasteiger partial charge in [-0.05, 0) is 28.1 Å². The summed E-state index contributed by atoms with van der Waals surface area (Å²) >= 11 is 9.08. The first-order valence-corrected chi connectivity index (χ1v) is 6.51. The molecule has 8 heteroatoms. The number of nitrogens with one attached hydrogen (secondary N) is 1. The number of carbonyl (C=O) groups excluding carboxylic acids is 1. The van der Waals surface area contributed by atoms with Crippen molar-refractivity contribution in [2.24, 2.45) is 0 Å². The van der Waals surface area contributed by atoms with Crippen LogP contribution in [0.25, 0.3) is 0 Å². The van der Waals surface area contributed by atoms with Crippen molar-refractivity contribution in [1.29, 1.82) is 0 Å². The van der Waals surface area contributed by atoms with Crippen molar-refractivity contribution in [3.05, 3.63) is 61.8 Å². The first-order valence-electron chi connectivity index (χ1n) is 5.34. The van der Waals surface area contributed by atoms with Crippen molar-refractivity contribution in [2.45, 2.75) is 0 Å². The van der Waals surface area contributed by atoms with E-state index in [-0.39, 0.29) is 11.3 Å². The molecular weight excluding hydrogens is 350 g/mol. The van der Waals surface area contributed by atoms with Gasteiger partial charge in [-0.25, -0.2) is 0 Å². The molecule has 0 atom stereocenters. The van der Waals surface area contributed by atoms with E-state index < -0.39 is 10.8 Å². The van der Waals surface area contributed by atoms with E-state index in [0.717, 1.165) is 0 Å². The lowest BCUT2D eigenvalue weighted by Crippen LogP contribution is -2.13. The minimum absolute atomic E-state index is 0.138. The molecule has 20 heavy (non-hydrogen) atoms. The first-order chi connectivity index (χ1) is 9.49. The number of rotatable bonds is 3. The summed E-state index contributed by atoms with van der Waals surface area (Å²) in [6.07, 6.45) is 2.88. The highest BCUT2D eigenvalue weighted by Gasteiger charge is 2.16. The van der Waals surface area contributed by atoms with Crippen LogP contribution in [-0.2, 0) is 0 Å². The zero-order valence-corrected chi connectivity index (χ0v) is 12.2. The van der Waals surface area contributed by atoms with Crippen LogP contribution in [0.4, 0.5) is 11.4 Å². The Kier molecular flexibility index (Phi) is 4.31. The standard InChI is InChI=1S/C12H7BrClN3O3/c13-9-2-1-7(17(19)20)5-8(9)12(18)16-11-6-15-4-3-10(11)14/h1-6H,(H,16,18). The number of carbonyl (C=O) groups is 1. The topological polar surface area (TPSA) is 85.1 Å². The number of nitro benzene ring substituents is 1. The second-order valence-corrected chi connectivity index (χ2v) is 4.99. The first kappa shape index (κ1) is 14.4. The molecule has 1 amide bonds. The molecule has 2 aromatic rings. The maximum absolute atomic E-state index is 12.1. The van der Waals surface area contributed by atoms with Crippen LogP contribution in [0.3, 0.4) is 0 Å². The maximum Gasteiger partial charge on any atom is 0.270 e. The summed E-state index contributed by atoms with van der Waals surface area (Å²) in [5.74, 6) is -0.518. The lowest BCUT2D eigenvalue weighted by Gasteiger charge is -2.07. The average molecular weight is 357 g/mol. The van der Waals surface area contributed by atoms with Gasteiger partial charge in [-0.3, -0.25) is 19.9 Å². The van der Waals surface area contributed by atoms with Gasteiger partial charge in [0.1, 0.15) is 0 Å². The number of halogens is 2. The number of aromatic nitrogens is 1. The second kappa shape index (κ2) is 5.98. The van der Waals surface area contributed by atoms with E-state index in [4.69, 9.17) is 11.6 Å². The summed E-state index contributed by atoms with van der Waals surface area (Å²) in [6.45, 7) is 0. The number of hydrogen-bond acceptors (Lipinski definition) is 4. The fourth-order valence-electron chi connectivity index (χ4n) is 1.46. The van der Waals surface area contributed by atoms with Gasteiger partial charge in [0.2, 0.25) is 0 Å². The Morgan fingerprint density at radius 2 is 2.15 bits per heavy atom. The molecule has 0 aliphatic rings. The monoisotopic (exact) mass is 355 g/mol. The third kappa shape index (κ3) is 3.12. The van der Waals surface area contributed by atoms with Crippen LogP contribution in [0.2, 0.25) is 5.02 Å². The van der Waals surface area contributed by atoms with E-state index in [9.17, 15) is 14.9 Å². The Balaban J connectivity index is 2.32. The van der Waals surface area contributed by atoms with Crippen molar-refractivity contribution in [2.75, 3.05) is 5.32 Å². The van der Waals surface area contributed by atoms with Gasteiger partial charge >= 0.3 is 0 Å². The molecule has 1 heterocycles. The smallest absolute Gasteiger partial charge is 0.270 e. The number of hydrogen-bond donors (Lipinski definition) is 1. The van der Waals surface area contributed by atoms with Gasteiger partial charge in [-0.1, -0.05) is 11.6 Å². The predicted octanol–water partition coefficient (Wildman–Crippen LogP) is 3.66. The summed E-state index contributed by atoms with van der Waals surface area (Å²) in [5, 5.41) is 13.6. The molecule has 0 saturated carbocycles. The van der Waals surface area contributed by atoms with Crippen LogP contribution in [0.5, 0.6) is 0 Å². The van der Waals surface area contributed by atoms with E-state index in [1.165, 1.54) is 36.7 Å². The summed E-state index contributed by atoms with van der Waals surface area (Å²) in [6, 6.07) is 5.46. The number of nitrogens with zero attached hydrogens (tertiary/aromatic N) is 2. The van der Waals surface area contributed by atoms with E-state index in [1.807, 2.05) is 0 Å². The Labute approximate surface area is 127 Å². The van der Waals surface area contributed by atoms with Crippen LogP contribution in [0.1, 0.15) is 10.4 Å². The lowest BCUT2D eigenvalue weighted by atomic mass is 10.2. The van der Waals surface area contributed by atoms with Crippen molar-refractivity contribution in [1.82, 2.24) is 4.98 Å². The van der Waals surface area contributed by atoms with E-state index in [2.05, 4.69) is 26.2 Å². The molecule has 0 aliphatic carbocycles. The molecule has 0 aliphatic heterocycles. The quantitative estimate of drug-likeness (QED) is 0.672. The fourth-order valence-corrected chi connectivity index (χ4v) is 2.04. The predicted molar refractivity (Wildman–Crippen MR) is 78.0 cm³/mol. The fraction of sp³-hybridized carbons (Fsp3) is 0. The number of pyridine rings is 1.